The van der Waals surface area contributed by atoms with Crippen molar-refractivity contribution in [3.63, 3.8) is 0 Å². The lowest BCUT2D eigenvalue weighted by Gasteiger charge is -2.31. The lowest BCUT2D eigenvalue weighted by molar-refractivity contribution is 0.113. The molecule has 0 aliphatic carbocycles. The fraction of sp³-hybridized carbons (Fsp3) is 1.00. The van der Waals surface area contributed by atoms with E-state index in [-0.39, 0.29) is 0 Å². The Bertz CT molecular complexity index is 153. The monoisotopic (exact) mass is 188 g/mol. The molecule has 1 heterocycles. The molecule has 0 aromatic heterocycles. The second-order valence-corrected chi connectivity index (χ2v) is 5.03. The molecule has 1 atom stereocenters. The molecule has 0 aromatic carbocycles. The van der Waals surface area contributed by atoms with Gasteiger partial charge in [-0.05, 0) is 18.4 Å². The van der Waals surface area contributed by atoms with Crippen molar-refractivity contribution in [2.75, 3.05) is 26.2 Å². The van der Waals surface area contributed by atoms with Gasteiger partial charge in [0, 0.05) is 19.6 Å². The van der Waals surface area contributed by atoms with Crippen LogP contribution < -0.4 is 5.32 Å². The summed E-state index contributed by atoms with van der Waals surface area (Å²) in [6.07, 6.45) is 0.313. The normalized spacial score (nSPS) is 26.3. The summed E-state index contributed by atoms with van der Waals surface area (Å²) >= 11 is 0. The topological polar surface area (TPSA) is 15.3 Å². The van der Waals surface area contributed by atoms with Crippen LogP contribution in [0.2, 0.25) is 0 Å². The van der Waals surface area contributed by atoms with Gasteiger partial charge in [0.1, 0.15) is 0 Å². The first-order valence-corrected chi connectivity index (χ1v) is 5.07. The van der Waals surface area contributed by atoms with Crippen molar-refractivity contribution < 1.29 is 4.39 Å². The highest BCUT2D eigenvalue weighted by atomic mass is 19.1. The van der Waals surface area contributed by atoms with E-state index in [1.165, 1.54) is 0 Å². The van der Waals surface area contributed by atoms with Crippen molar-refractivity contribution in [1.29, 1.82) is 0 Å². The number of rotatable bonds is 2. The largest absolute Gasteiger partial charge is 0.298 e. The number of nitrogens with one attached hydrogen (secondary N) is 1. The number of halogens is 1. The zero-order valence-corrected chi connectivity index (χ0v) is 8.94. The zero-order valence-electron chi connectivity index (χ0n) is 8.94. The second-order valence-electron chi connectivity index (χ2n) is 5.03. The Hall–Kier alpha value is -0.150. The molecule has 1 aliphatic heterocycles. The predicted molar refractivity (Wildman–Crippen MR) is 53.4 cm³/mol. The van der Waals surface area contributed by atoms with Gasteiger partial charge < -0.3 is 0 Å². The predicted octanol–water partition coefficient (Wildman–Crippen LogP) is 1.62. The van der Waals surface area contributed by atoms with E-state index in [2.05, 4.69) is 31.0 Å². The summed E-state index contributed by atoms with van der Waals surface area (Å²) in [6.45, 7) is 10.0. The molecule has 0 amide bonds. The molecule has 13 heavy (non-hydrogen) atoms. The first-order chi connectivity index (χ1) is 5.97. The fourth-order valence-electron chi connectivity index (χ4n) is 1.46. The first-order valence-electron chi connectivity index (χ1n) is 5.07. The van der Waals surface area contributed by atoms with Crippen LogP contribution >= 0.6 is 0 Å². The van der Waals surface area contributed by atoms with E-state index in [4.69, 9.17) is 0 Å². The number of nitrogens with zero attached hydrogens (tertiary/aromatic N) is 1. The molecular formula is C10H21FN2. The summed E-state index contributed by atoms with van der Waals surface area (Å²) in [5.74, 6) is 0. The van der Waals surface area contributed by atoms with Crippen LogP contribution in [0.1, 0.15) is 27.2 Å². The Morgan fingerprint density at radius 3 is 2.69 bits per heavy atom. The van der Waals surface area contributed by atoms with E-state index < -0.39 is 6.30 Å². The molecule has 0 bridgehead atoms. The van der Waals surface area contributed by atoms with Gasteiger partial charge in [-0.25, -0.2) is 4.39 Å². The van der Waals surface area contributed by atoms with Crippen molar-refractivity contribution in [1.82, 2.24) is 10.2 Å². The molecule has 0 aromatic rings. The third-order valence-electron chi connectivity index (χ3n) is 2.39. The van der Waals surface area contributed by atoms with Gasteiger partial charge in [0.15, 0.2) is 6.30 Å². The van der Waals surface area contributed by atoms with Crippen molar-refractivity contribution in [2.45, 2.75) is 33.5 Å². The quantitative estimate of drug-likeness (QED) is 0.662. The molecule has 1 fully saturated rings. The summed E-state index contributed by atoms with van der Waals surface area (Å²) in [7, 11) is 0. The van der Waals surface area contributed by atoms with E-state index in [1.54, 1.807) is 0 Å². The minimum atomic E-state index is -0.825. The van der Waals surface area contributed by atoms with E-state index in [1.807, 2.05) is 0 Å². The molecule has 0 radical (unpaired) electrons. The third-order valence-corrected chi connectivity index (χ3v) is 2.39. The Morgan fingerprint density at radius 2 is 2.15 bits per heavy atom. The maximum absolute atomic E-state index is 12.9. The number of hydrogen-bond donors (Lipinski definition) is 1. The van der Waals surface area contributed by atoms with Crippen molar-refractivity contribution in [2.24, 2.45) is 5.41 Å². The van der Waals surface area contributed by atoms with Crippen LogP contribution in [0.5, 0.6) is 0 Å². The molecule has 78 valence electrons. The smallest absolute Gasteiger partial charge is 0.164 e. The highest BCUT2D eigenvalue weighted by Crippen LogP contribution is 2.19. The minimum absolute atomic E-state index is 0.358. The van der Waals surface area contributed by atoms with Crippen molar-refractivity contribution in [3.8, 4) is 0 Å². The van der Waals surface area contributed by atoms with E-state index in [0.717, 1.165) is 26.1 Å². The van der Waals surface area contributed by atoms with Gasteiger partial charge in [-0.2, -0.15) is 0 Å². The standard InChI is InChI=1S/C10H21FN2/c1-10(2,3)4-6-13-7-5-12-9(11)8-13/h9,12H,4-8H2,1-3H3. The molecule has 0 saturated carbocycles. The maximum atomic E-state index is 12.9. The molecule has 0 spiro atoms. The SMILES string of the molecule is CC(C)(C)CCN1CCNC(F)C1. The van der Waals surface area contributed by atoms with Gasteiger partial charge in [0.25, 0.3) is 0 Å². The lowest BCUT2D eigenvalue weighted by atomic mass is 9.92. The summed E-state index contributed by atoms with van der Waals surface area (Å²) in [6, 6.07) is 0. The molecule has 2 nitrogen and oxygen atoms in total. The Balaban J connectivity index is 2.21. The molecule has 1 unspecified atom stereocenters. The molecule has 1 rings (SSSR count). The molecular weight excluding hydrogens is 167 g/mol. The molecule has 1 N–H and O–H groups in total. The highest BCUT2D eigenvalue weighted by Gasteiger charge is 2.19. The first kappa shape index (κ1) is 10.9. The van der Waals surface area contributed by atoms with Gasteiger partial charge in [-0.1, -0.05) is 20.8 Å². The van der Waals surface area contributed by atoms with Crippen LogP contribution in [0.3, 0.4) is 0 Å². The number of piperazine rings is 1. The maximum Gasteiger partial charge on any atom is 0.164 e. The summed E-state index contributed by atoms with van der Waals surface area (Å²) < 4.78 is 12.9. The third kappa shape index (κ3) is 4.58. The molecule has 1 aliphatic rings. The van der Waals surface area contributed by atoms with Crippen LogP contribution in [0, 0.1) is 5.41 Å². The van der Waals surface area contributed by atoms with Gasteiger partial charge >= 0.3 is 0 Å². The Kier molecular flexibility index (Phi) is 3.68. The van der Waals surface area contributed by atoms with E-state index >= 15 is 0 Å². The van der Waals surface area contributed by atoms with Gasteiger partial charge in [-0.3, -0.25) is 10.2 Å². The van der Waals surface area contributed by atoms with Crippen LogP contribution in [0.15, 0.2) is 0 Å². The van der Waals surface area contributed by atoms with Gasteiger partial charge in [0.2, 0.25) is 0 Å². The Labute approximate surface area is 80.5 Å². The van der Waals surface area contributed by atoms with Gasteiger partial charge in [-0.15, -0.1) is 0 Å². The minimum Gasteiger partial charge on any atom is -0.298 e. The summed E-state index contributed by atoms with van der Waals surface area (Å²) in [5, 5.41) is 2.80. The molecule has 3 heteroatoms. The lowest BCUT2D eigenvalue weighted by Crippen LogP contribution is -2.49. The van der Waals surface area contributed by atoms with Crippen molar-refractivity contribution >= 4 is 0 Å². The number of alkyl halides is 1. The highest BCUT2D eigenvalue weighted by molar-refractivity contribution is 4.73. The van der Waals surface area contributed by atoms with Crippen LogP contribution in [-0.4, -0.2) is 37.4 Å². The van der Waals surface area contributed by atoms with Crippen LogP contribution in [0.25, 0.3) is 0 Å². The fourth-order valence-corrected chi connectivity index (χ4v) is 1.46. The molecule has 1 saturated heterocycles. The summed E-state index contributed by atoms with van der Waals surface area (Å²) in [5.41, 5.74) is 0.358. The Morgan fingerprint density at radius 1 is 1.46 bits per heavy atom. The van der Waals surface area contributed by atoms with E-state index in [0.29, 0.717) is 12.0 Å². The van der Waals surface area contributed by atoms with Crippen LogP contribution in [-0.2, 0) is 0 Å². The average molecular weight is 188 g/mol. The zero-order chi connectivity index (χ0) is 9.90. The van der Waals surface area contributed by atoms with Gasteiger partial charge in [0.05, 0.1) is 0 Å². The van der Waals surface area contributed by atoms with Crippen molar-refractivity contribution in [3.05, 3.63) is 0 Å². The second kappa shape index (κ2) is 4.38. The van der Waals surface area contributed by atoms with E-state index in [9.17, 15) is 4.39 Å². The van der Waals surface area contributed by atoms with Crippen LogP contribution in [0.4, 0.5) is 4.39 Å². The average Bonchev–Trinajstić information content (AvgIpc) is 2.00. The summed E-state index contributed by atoms with van der Waals surface area (Å²) in [4.78, 5) is 2.20. The number of hydrogen-bond acceptors (Lipinski definition) is 2.